The van der Waals surface area contributed by atoms with E-state index in [0.717, 1.165) is 54.6 Å². The van der Waals surface area contributed by atoms with Crippen molar-refractivity contribution in [2.24, 2.45) is 5.92 Å². The fraction of sp³-hybridized carbons (Fsp3) is 0.435. The topological polar surface area (TPSA) is 32.3 Å². The first kappa shape index (κ1) is 21.2. The van der Waals surface area contributed by atoms with Crippen LogP contribution in [0.3, 0.4) is 0 Å². The van der Waals surface area contributed by atoms with Gasteiger partial charge >= 0.3 is 0 Å². The van der Waals surface area contributed by atoms with Crippen LogP contribution in [-0.4, -0.2) is 36.2 Å². The van der Waals surface area contributed by atoms with E-state index < -0.39 is 0 Å². The molecule has 1 heterocycles. The molecule has 5 heteroatoms. The first-order valence-electron chi connectivity index (χ1n) is 9.98. The molecule has 0 aromatic heterocycles. The molecule has 1 N–H and O–H groups in total. The van der Waals surface area contributed by atoms with Gasteiger partial charge in [-0.25, -0.2) is 0 Å². The number of rotatable bonds is 8. The molecular weight excluding hydrogens is 388 g/mol. The fourth-order valence-electron chi connectivity index (χ4n) is 3.55. The molecule has 0 spiro atoms. The minimum atomic E-state index is 0.104. The van der Waals surface area contributed by atoms with Crippen LogP contribution in [0.4, 0.5) is 0 Å². The van der Waals surface area contributed by atoms with Gasteiger partial charge in [0.1, 0.15) is 0 Å². The number of likely N-dealkylation sites (tertiary alicyclic amines) is 1. The average molecular weight is 417 g/mol. The third-order valence-electron chi connectivity index (χ3n) is 5.16. The second kappa shape index (κ2) is 10.9. The van der Waals surface area contributed by atoms with Crippen LogP contribution in [0, 0.1) is 12.8 Å². The smallest absolute Gasteiger partial charge is 0.224 e. The quantitative estimate of drug-likeness (QED) is 0.620. The number of halogens is 1. The van der Waals surface area contributed by atoms with Crippen LogP contribution in [0.5, 0.6) is 0 Å². The van der Waals surface area contributed by atoms with Crippen molar-refractivity contribution in [2.45, 2.75) is 32.1 Å². The Hall–Kier alpha value is -1.49. The highest BCUT2D eigenvalue weighted by molar-refractivity contribution is 7.98. The Morgan fingerprint density at radius 2 is 2.00 bits per heavy atom. The molecule has 0 radical (unpaired) electrons. The second-order valence-corrected chi connectivity index (χ2v) is 9.01. The van der Waals surface area contributed by atoms with Crippen LogP contribution in [0.2, 0.25) is 5.02 Å². The number of thioether (sulfide) groups is 1. The molecule has 1 aliphatic rings. The van der Waals surface area contributed by atoms with Gasteiger partial charge in [-0.15, -0.1) is 0 Å². The van der Waals surface area contributed by atoms with Gasteiger partial charge in [0.05, 0.1) is 5.92 Å². The Morgan fingerprint density at radius 1 is 1.21 bits per heavy atom. The van der Waals surface area contributed by atoms with E-state index in [0.29, 0.717) is 6.54 Å². The molecule has 1 unspecified atom stereocenters. The number of hydrogen-bond donors (Lipinski definition) is 1. The zero-order valence-corrected chi connectivity index (χ0v) is 18.1. The monoisotopic (exact) mass is 416 g/mol. The molecule has 3 nitrogen and oxygen atoms in total. The van der Waals surface area contributed by atoms with Crippen molar-refractivity contribution in [3.63, 3.8) is 0 Å². The second-order valence-electron chi connectivity index (χ2n) is 7.49. The lowest BCUT2D eigenvalue weighted by Crippen LogP contribution is -2.43. The predicted molar refractivity (Wildman–Crippen MR) is 120 cm³/mol. The van der Waals surface area contributed by atoms with Crippen LogP contribution in [-0.2, 0) is 17.1 Å². The molecular formula is C23H29ClN2OS. The molecule has 1 atom stereocenters. The number of nitrogens with zero attached hydrogens (tertiary/aromatic N) is 1. The van der Waals surface area contributed by atoms with E-state index in [1.807, 2.05) is 18.2 Å². The van der Waals surface area contributed by atoms with Crippen LogP contribution < -0.4 is 5.32 Å². The normalized spacial score (nSPS) is 17.4. The number of hydrogen-bond acceptors (Lipinski definition) is 3. The number of amides is 1. The molecule has 2 aromatic carbocycles. The fourth-order valence-corrected chi connectivity index (χ4v) is 4.70. The maximum absolute atomic E-state index is 12.6. The Morgan fingerprint density at radius 3 is 2.79 bits per heavy atom. The van der Waals surface area contributed by atoms with E-state index >= 15 is 0 Å². The lowest BCUT2D eigenvalue weighted by molar-refractivity contribution is -0.126. The average Bonchev–Trinajstić information content (AvgIpc) is 2.71. The molecule has 1 fully saturated rings. The van der Waals surface area contributed by atoms with E-state index in [1.54, 1.807) is 11.8 Å². The predicted octanol–water partition coefficient (Wildman–Crippen LogP) is 4.91. The summed E-state index contributed by atoms with van der Waals surface area (Å²) in [6, 6.07) is 16.6. The van der Waals surface area contributed by atoms with Crippen molar-refractivity contribution in [3.8, 4) is 0 Å². The van der Waals surface area contributed by atoms with Gasteiger partial charge in [0.2, 0.25) is 5.91 Å². The summed E-state index contributed by atoms with van der Waals surface area (Å²) < 4.78 is 0. The molecule has 1 aliphatic heterocycles. The van der Waals surface area contributed by atoms with Crippen LogP contribution in [0.15, 0.2) is 48.5 Å². The lowest BCUT2D eigenvalue weighted by atomic mass is 9.96. The minimum Gasteiger partial charge on any atom is -0.355 e. The van der Waals surface area contributed by atoms with E-state index in [1.165, 1.54) is 11.1 Å². The summed E-state index contributed by atoms with van der Waals surface area (Å²) in [7, 11) is 0. The minimum absolute atomic E-state index is 0.104. The summed E-state index contributed by atoms with van der Waals surface area (Å²) in [5.74, 6) is 2.08. The van der Waals surface area contributed by atoms with Gasteiger partial charge in [-0.1, -0.05) is 59.6 Å². The first-order chi connectivity index (χ1) is 13.6. The lowest BCUT2D eigenvalue weighted by Gasteiger charge is -2.32. The van der Waals surface area contributed by atoms with Gasteiger partial charge in [-0.3, -0.25) is 9.69 Å². The Kier molecular flexibility index (Phi) is 8.26. The van der Waals surface area contributed by atoms with E-state index in [9.17, 15) is 4.79 Å². The van der Waals surface area contributed by atoms with Gasteiger partial charge in [-0.2, -0.15) is 11.8 Å². The Labute approximate surface area is 177 Å². The molecule has 1 saturated heterocycles. The highest BCUT2D eigenvalue weighted by atomic mass is 35.5. The number of carbonyl (C=O) groups excluding carboxylic acids is 1. The summed E-state index contributed by atoms with van der Waals surface area (Å²) in [6.07, 6.45) is 2.08. The summed E-state index contributed by atoms with van der Waals surface area (Å²) >= 11 is 7.98. The number of nitrogens with one attached hydrogen (secondary N) is 1. The van der Waals surface area contributed by atoms with Crippen molar-refractivity contribution in [1.82, 2.24) is 10.2 Å². The van der Waals surface area contributed by atoms with Crippen LogP contribution >= 0.6 is 23.4 Å². The van der Waals surface area contributed by atoms with E-state index in [2.05, 4.69) is 47.5 Å². The molecule has 0 bridgehead atoms. The largest absolute Gasteiger partial charge is 0.355 e. The number of aryl methyl sites for hydroxylation is 1. The van der Waals surface area contributed by atoms with Crippen molar-refractivity contribution in [3.05, 3.63) is 70.2 Å². The Balaban J connectivity index is 1.36. The van der Waals surface area contributed by atoms with Crippen LogP contribution in [0.1, 0.15) is 29.5 Å². The third kappa shape index (κ3) is 6.54. The first-order valence-corrected chi connectivity index (χ1v) is 11.5. The molecule has 1 amide bonds. The zero-order chi connectivity index (χ0) is 19.8. The standard InChI is InChI=1S/C23H29ClN2OS/c1-18-8-10-19(11-9-18)15-26-13-4-6-20(16-26)23(27)25-12-14-28-17-21-5-2-3-7-22(21)24/h2-3,5,7-11,20H,4,6,12-17H2,1H3,(H,25,27). The van der Waals surface area contributed by atoms with Gasteiger partial charge in [0, 0.05) is 36.2 Å². The molecule has 2 aromatic rings. The summed E-state index contributed by atoms with van der Waals surface area (Å²) in [5.41, 5.74) is 3.76. The molecule has 3 rings (SSSR count). The molecule has 0 aliphatic carbocycles. The van der Waals surface area contributed by atoms with E-state index in [-0.39, 0.29) is 11.8 Å². The summed E-state index contributed by atoms with van der Waals surface area (Å²) in [5, 5.41) is 3.94. The number of carbonyl (C=O) groups is 1. The van der Waals surface area contributed by atoms with Crippen molar-refractivity contribution >= 4 is 29.3 Å². The third-order valence-corrected chi connectivity index (χ3v) is 6.54. The maximum Gasteiger partial charge on any atom is 0.224 e. The molecule has 150 valence electrons. The molecule has 0 saturated carbocycles. The Bertz CT molecular complexity index is 765. The summed E-state index contributed by atoms with van der Waals surface area (Å²) in [6.45, 7) is 5.68. The van der Waals surface area contributed by atoms with Crippen molar-refractivity contribution in [1.29, 1.82) is 0 Å². The van der Waals surface area contributed by atoms with Gasteiger partial charge in [0.15, 0.2) is 0 Å². The van der Waals surface area contributed by atoms with Gasteiger partial charge in [-0.05, 0) is 43.5 Å². The van der Waals surface area contributed by atoms with Gasteiger partial charge in [0.25, 0.3) is 0 Å². The SMILES string of the molecule is Cc1ccc(CN2CCCC(C(=O)NCCSCc3ccccc3Cl)C2)cc1. The van der Waals surface area contributed by atoms with Gasteiger partial charge < -0.3 is 5.32 Å². The molecule has 28 heavy (non-hydrogen) atoms. The maximum atomic E-state index is 12.6. The van der Waals surface area contributed by atoms with Crippen molar-refractivity contribution in [2.75, 3.05) is 25.4 Å². The van der Waals surface area contributed by atoms with Crippen LogP contribution in [0.25, 0.3) is 0 Å². The highest BCUT2D eigenvalue weighted by Crippen LogP contribution is 2.21. The van der Waals surface area contributed by atoms with E-state index in [4.69, 9.17) is 11.6 Å². The number of benzene rings is 2. The number of piperidine rings is 1. The van der Waals surface area contributed by atoms with Crippen molar-refractivity contribution < 1.29 is 4.79 Å². The highest BCUT2D eigenvalue weighted by Gasteiger charge is 2.25. The summed E-state index contributed by atoms with van der Waals surface area (Å²) in [4.78, 5) is 15.0. The zero-order valence-electron chi connectivity index (χ0n) is 16.5.